The predicted molar refractivity (Wildman–Crippen MR) is 28.3 cm³/mol. The molecule has 1 fully saturated rings. The number of hydrogen-bond donors (Lipinski definition) is 0. The summed E-state index contributed by atoms with van der Waals surface area (Å²) >= 11 is 0. The highest BCUT2D eigenvalue weighted by Crippen LogP contribution is 2.37. The van der Waals surface area contributed by atoms with Crippen LogP contribution in [-0.4, -0.2) is 19.4 Å². The standard InChI is InChI=1S/C4H9OP/c1-6-4-2-3-5-6/h2-4H2,1H3. The molecule has 1 aliphatic heterocycles. The molecular weight excluding hydrogens is 95.0 g/mol. The lowest BCUT2D eigenvalue weighted by atomic mass is 10.5. The van der Waals surface area contributed by atoms with Crippen LogP contribution in [0.4, 0.5) is 0 Å². The van der Waals surface area contributed by atoms with E-state index in [-0.39, 0.29) is 8.15 Å². The van der Waals surface area contributed by atoms with Crippen molar-refractivity contribution >= 4 is 8.15 Å². The van der Waals surface area contributed by atoms with E-state index in [0.29, 0.717) is 0 Å². The molecule has 1 nitrogen and oxygen atoms in total. The molecule has 0 radical (unpaired) electrons. The third-order valence-corrected chi connectivity index (χ3v) is 2.50. The largest absolute Gasteiger partial charge is 0.359 e. The molecule has 1 aliphatic rings. The molecule has 0 aliphatic carbocycles. The molecule has 1 atom stereocenters. The molecule has 0 bridgehead atoms. The summed E-state index contributed by atoms with van der Waals surface area (Å²) in [6.45, 7) is 3.20. The van der Waals surface area contributed by atoms with Gasteiger partial charge in [0.1, 0.15) is 0 Å². The molecule has 0 amide bonds. The van der Waals surface area contributed by atoms with Crippen molar-refractivity contribution in [2.24, 2.45) is 0 Å². The summed E-state index contributed by atoms with van der Waals surface area (Å²) in [6, 6.07) is 0. The first-order chi connectivity index (χ1) is 2.89. The van der Waals surface area contributed by atoms with Crippen LogP contribution in [0.3, 0.4) is 0 Å². The minimum Gasteiger partial charge on any atom is -0.359 e. The Morgan fingerprint density at radius 3 is 2.67 bits per heavy atom. The van der Waals surface area contributed by atoms with Crippen LogP contribution in [-0.2, 0) is 4.52 Å². The number of hydrogen-bond acceptors (Lipinski definition) is 1. The molecule has 2 heteroatoms. The van der Waals surface area contributed by atoms with Crippen molar-refractivity contribution in [1.82, 2.24) is 0 Å². The maximum atomic E-state index is 5.22. The van der Waals surface area contributed by atoms with Crippen molar-refractivity contribution in [3.05, 3.63) is 0 Å². The van der Waals surface area contributed by atoms with E-state index in [4.69, 9.17) is 4.52 Å². The van der Waals surface area contributed by atoms with Crippen LogP contribution >= 0.6 is 8.15 Å². The Morgan fingerprint density at radius 2 is 2.50 bits per heavy atom. The molecule has 0 aromatic rings. The lowest BCUT2D eigenvalue weighted by Gasteiger charge is -1.94. The SMILES string of the molecule is CP1CCCO1. The van der Waals surface area contributed by atoms with Crippen LogP contribution in [0.5, 0.6) is 0 Å². The molecule has 6 heavy (non-hydrogen) atoms. The van der Waals surface area contributed by atoms with E-state index in [1.165, 1.54) is 12.6 Å². The highest BCUT2D eigenvalue weighted by molar-refractivity contribution is 7.51. The van der Waals surface area contributed by atoms with Gasteiger partial charge >= 0.3 is 0 Å². The molecular formula is C4H9OP. The van der Waals surface area contributed by atoms with Crippen molar-refractivity contribution in [3.8, 4) is 0 Å². The third-order valence-electron chi connectivity index (χ3n) is 0.929. The summed E-state index contributed by atoms with van der Waals surface area (Å²) in [5.41, 5.74) is 0. The quantitative estimate of drug-likeness (QED) is 0.422. The molecule has 0 spiro atoms. The molecule has 1 saturated heterocycles. The van der Waals surface area contributed by atoms with Crippen LogP contribution in [0.25, 0.3) is 0 Å². The van der Waals surface area contributed by atoms with E-state index >= 15 is 0 Å². The van der Waals surface area contributed by atoms with Crippen LogP contribution in [0.1, 0.15) is 6.42 Å². The summed E-state index contributed by atoms with van der Waals surface area (Å²) in [6.07, 6.45) is 2.62. The lowest BCUT2D eigenvalue weighted by molar-refractivity contribution is 0.389. The van der Waals surface area contributed by atoms with E-state index in [9.17, 15) is 0 Å². The van der Waals surface area contributed by atoms with E-state index < -0.39 is 0 Å². The Kier molecular flexibility index (Phi) is 1.44. The smallest absolute Gasteiger partial charge is 0.0512 e. The van der Waals surface area contributed by atoms with Gasteiger partial charge in [0.2, 0.25) is 0 Å². The van der Waals surface area contributed by atoms with Gasteiger partial charge < -0.3 is 4.52 Å². The zero-order chi connectivity index (χ0) is 4.41. The third kappa shape index (κ3) is 0.924. The van der Waals surface area contributed by atoms with E-state index in [1.807, 2.05) is 0 Å². The fourth-order valence-electron chi connectivity index (χ4n) is 0.572. The normalized spacial score (nSPS) is 34.5. The highest BCUT2D eigenvalue weighted by Gasteiger charge is 2.07. The molecule has 0 aromatic heterocycles. The van der Waals surface area contributed by atoms with Crippen molar-refractivity contribution in [1.29, 1.82) is 0 Å². The summed E-state index contributed by atoms with van der Waals surface area (Å²) in [5, 5.41) is 0. The van der Waals surface area contributed by atoms with Gasteiger partial charge in [0.15, 0.2) is 0 Å². The maximum absolute atomic E-state index is 5.22. The summed E-state index contributed by atoms with van der Waals surface area (Å²) in [4.78, 5) is 0. The minimum atomic E-state index is 0.0350. The first kappa shape index (κ1) is 4.55. The van der Waals surface area contributed by atoms with Crippen LogP contribution < -0.4 is 0 Å². The first-order valence-corrected chi connectivity index (χ1v) is 4.13. The Balaban J connectivity index is 2.18. The van der Waals surface area contributed by atoms with Crippen LogP contribution in [0.2, 0.25) is 0 Å². The fourth-order valence-corrected chi connectivity index (χ4v) is 1.72. The summed E-state index contributed by atoms with van der Waals surface area (Å²) < 4.78 is 5.22. The maximum Gasteiger partial charge on any atom is 0.0512 e. The molecule has 0 aromatic carbocycles. The second kappa shape index (κ2) is 1.90. The zero-order valence-electron chi connectivity index (χ0n) is 3.98. The summed E-state index contributed by atoms with van der Waals surface area (Å²) in [7, 11) is 0.0350. The van der Waals surface area contributed by atoms with Gasteiger partial charge in [-0.1, -0.05) is 0 Å². The van der Waals surface area contributed by atoms with Crippen molar-refractivity contribution in [3.63, 3.8) is 0 Å². The van der Waals surface area contributed by atoms with Gasteiger partial charge in [0.25, 0.3) is 0 Å². The van der Waals surface area contributed by atoms with Gasteiger partial charge in [-0.15, -0.1) is 0 Å². The highest BCUT2D eigenvalue weighted by atomic mass is 31.1. The monoisotopic (exact) mass is 104 g/mol. The van der Waals surface area contributed by atoms with Gasteiger partial charge in [-0.3, -0.25) is 0 Å². The average molecular weight is 104 g/mol. The van der Waals surface area contributed by atoms with E-state index in [0.717, 1.165) is 6.61 Å². The van der Waals surface area contributed by atoms with Crippen molar-refractivity contribution < 1.29 is 4.52 Å². The Morgan fingerprint density at radius 1 is 1.67 bits per heavy atom. The topological polar surface area (TPSA) is 9.23 Å². The predicted octanol–water partition coefficient (Wildman–Crippen LogP) is 1.43. The van der Waals surface area contributed by atoms with Gasteiger partial charge in [-0.2, -0.15) is 0 Å². The van der Waals surface area contributed by atoms with E-state index in [2.05, 4.69) is 6.66 Å². The number of rotatable bonds is 0. The van der Waals surface area contributed by atoms with Crippen molar-refractivity contribution in [2.75, 3.05) is 19.4 Å². The molecule has 1 heterocycles. The van der Waals surface area contributed by atoms with Crippen molar-refractivity contribution in [2.45, 2.75) is 6.42 Å². The molecule has 0 saturated carbocycles. The second-order valence-corrected chi connectivity index (χ2v) is 3.50. The second-order valence-electron chi connectivity index (χ2n) is 1.54. The van der Waals surface area contributed by atoms with Gasteiger partial charge in [0, 0.05) is 8.15 Å². The van der Waals surface area contributed by atoms with Gasteiger partial charge in [-0.25, -0.2) is 0 Å². The van der Waals surface area contributed by atoms with Gasteiger partial charge in [-0.05, 0) is 19.2 Å². The average Bonchev–Trinajstić information content (AvgIpc) is 1.86. The van der Waals surface area contributed by atoms with Crippen LogP contribution in [0.15, 0.2) is 0 Å². The Labute approximate surface area is 39.5 Å². The minimum absolute atomic E-state index is 0.0350. The molecule has 1 rings (SSSR count). The lowest BCUT2D eigenvalue weighted by Crippen LogP contribution is -1.69. The Bertz CT molecular complexity index is 40.8. The fraction of sp³-hybridized carbons (Fsp3) is 1.00. The molecule has 36 valence electrons. The van der Waals surface area contributed by atoms with E-state index in [1.54, 1.807) is 0 Å². The van der Waals surface area contributed by atoms with Gasteiger partial charge in [0.05, 0.1) is 6.61 Å². The summed E-state index contributed by atoms with van der Waals surface area (Å²) in [5.74, 6) is 0. The zero-order valence-corrected chi connectivity index (χ0v) is 4.87. The molecule has 1 unspecified atom stereocenters. The van der Waals surface area contributed by atoms with Crippen LogP contribution in [0, 0.1) is 0 Å². The first-order valence-electron chi connectivity index (χ1n) is 2.23. The Hall–Kier alpha value is 0.390. The molecule has 0 N–H and O–H groups in total.